The molecule has 0 saturated carbocycles. The molecule has 0 spiro atoms. The highest BCUT2D eigenvalue weighted by molar-refractivity contribution is 7.16. The lowest BCUT2D eigenvalue weighted by Crippen LogP contribution is -2.35. The molecule has 1 aliphatic heterocycles. The fraction of sp³-hybridized carbons (Fsp3) is 0.304. The van der Waals surface area contributed by atoms with Crippen LogP contribution >= 0.6 is 22.9 Å². The number of nitrogens with one attached hydrogen (secondary N) is 1. The van der Waals surface area contributed by atoms with Crippen LogP contribution in [-0.4, -0.2) is 48.7 Å². The number of hydrogen-bond donors (Lipinski definition) is 1. The number of thiazole rings is 1. The van der Waals surface area contributed by atoms with Crippen molar-refractivity contribution in [2.45, 2.75) is 13.0 Å². The zero-order valence-electron chi connectivity index (χ0n) is 17.1. The average molecular weight is 458 g/mol. The Morgan fingerprint density at radius 1 is 1.13 bits per heavy atom. The molecule has 1 saturated heterocycles. The predicted molar refractivity (Wildman–Crippen MR) is 124 cm³/mol. The van der Waals surface area contributed by atoms with E-state index in [1.165, 1.54) is 11.3 Å². The van der Waals surface area contributed by atoms with Gasteiger partial charge in [-0.05, 0) is 24.3 Å². The maximum Gasteiger partial charge on any atom is 0.229 e. The Labute approximate surface area is 190 Å². The SMILES string of the molecule is O=C(CCOc1ccc(Cl)cc1)Nc1nc(-c2ccccc2)c(CN2CCOCC2)s1. The van der Waals surface area contributed by atoms with E-state index in [2.05, 4.69) is 10.2 Å². The van der Waals surface area contributed by atoms with Gasteiger partial charge in [-0.15, -0.1) is 0 Å². The van der Waals surface area contributed by atoms with Gasteiger partial charge in [0, 0.05) is 35.1 Å². The molecule has 8 heteroatoms. The van der Waals surface area contributed by atoms with Gasteiger partial charge in [0.25, 0.3) is 0 Å². The first kappa shape index (κ1) is 21.8. The van der Waals surface area contributed by atoms with Gasteiger partial charge in [-0.3, -0.25) is 9.69 Å². The third-order valence-electron chi connectivity index (χ3n) is 4.87. The molecule has 0 radical (unpaired) electrons. The van der Waals surface area contributed by atoms with Gasteiger partial charge in [-0.2, -0.15) is 0 Å². The first-order valence-corrected chi connectivity index (χ1v) is 11.4. The van der Waals surface area contributed by atoms with Crippen molar-refractivity contribution in [1.29, 1.82) is 0 Å². The second-order valence-electron chi connectivity index (χ2n) is 7.15. The molecule has 3 aromatic rings. The molecule has 1 aliphatic rings. The van der Waals surface area contributed by atoms with E-state index in [9.17, 15) is 4.79 Å². The van der Waals surface area contributed by atoms with Crippen LogP contribution in [0.5, 0.6) is 5.75 Å². The van der Waals surface area contributed by atoms with Crippen molar-refractivity contribution in [3.8, 4) is 17.0 Å². The number of morpholine rings is 1. The van der Waals surface area contributed by atoms with Gasteiger partial charge in [0.2, 0.25) is 5.91 Å². The molecule has 6 nitrogen and oxygen atoms in total. The van der Waals surface area contributed by atoms with Crippen LogP contribution in [0.3, 0.4) is 0 Å². The van der Waals surface area contributed by atoms with Crippen LogP contribution < -0.4 is 10.1 Å². The molecule has 4 rings (SSSR count). The number of rotatable bonds is 8. The Morgan fingerprint density at radius 2 is 1.87 bits per heavy atom. The van der Waals surface area contributed by atoms with Crippen LogP contribution in [0.15, 0.2) is 54.6 Å². The van der Waals surface area contributed by atoms with E-state index in [1.54, 1.807) is 24.3 Å². The summed E-state index contributed by atoms with van der Waals surface area (Å²) >= 11 is 7.40. The Morgan fingerprint density at radius 3 is 2.61 bits per heavy atom. The standard InChI is InChI=1S/C23H24ClN3O3S/c24-18-6-8-19(9-7-18)30-13-10-21(28)25-23-26-22(17-4-2-1-3-5-17)20(31-23)16-27-11-14-29-15-12-27/h1-9H,10-16H2,(H,25,26,28). The molecule has 0 unspecified atom stereocenters. The number of anilines is 1. The summed E-state index contributed by atoms with van der Waals surface area (Å²) in [6.45, 7) is 4.37. The topological polar surface area (TPSA) is 63.7 Å². The molecular weight excluding hydrogens is 434 g/mol. The largest absolute Gasteiger partial charge is 0.493 e. The second-order valence-corrected chi connectivity index (χ2v) is 8.67. The van der Waals surface area contributed by atoms with Gasteiger partial charge in [0.15, 0.2) is 5.13 Å². The monoisotopic (exact) mass is 457 g/mol. The highest BCUT2D eigenvalue weighted by atomic mass is 35.5. The van der Waals surface area contributed by atoms with Crippen LogP contribution in [0, 0.1) is 0 Å². The quantitative estimate of drug-likeness (QED) is 0.531. The molecule has 1 amide bonds. The number of aromatic nitrogens is 1. The van der Waals surface area contributed by atoms with Crippen molar-refractivity contribution in [3.63, 3.8) is 0 Å². The minimum absolute atomic E-state index is 0.125. The molecule has 1 fully saturated rings. The van der Waals surface area contributed by atoms with Crippen molar-refractivity contribution < 1.29 is 14.3 Å². The van der Waals surface area contributed by atoms with Gasteiger partial charge < -0.3 is 14.8 Å². The van der Waals surface area contributed by atoms with E-state index in [0.717, 1.165) is 49.0 Å². The van der Waals surface area contributed by atoms with Crippen molar-refractivity contribution >= 4 is 34.0 Å². The Balaban J connectivity index is 1.39. The van der Waals surface area contributed by atoms with Gasteiger partial charge in [0.1, 0.15) is 5.75 Å². The number of halogens is 1. The van der Waals surface area contributed by atoms with Gasteiger partial charge in [-0.1, -0.05) is 53.3 Å². The average Bonchev–Trinajstić information content (AvgIpc) is 3.18. The van der Waals surface area contributed by atoms with Crippen LogP contribution in [0.4, 0.5) is 5.13 Å². The molecule has 162 valence electrons. The van der Waals surface area contributed by atoms with Crippen LogP contribution in [-0.2, 0) is 16.1 Å². The molecule has 1 aromatic heterocycles. The molecular formula is C23H24ClN3O3S. The maximum atomic E-state index is 12.4. The highest BCUT2D eigenvalue weighted by Crippen LogP contribution is 2.32. The normalized spacial score (nSPS) is 14.4. The van der Waals surface area contributed by atoms with Crippen molar-refractivity contribution in [1.82, 2.24) is 9.88 Å². The first-order chi connectivity index (χ1) is 15.2. The molecule has 31 heavy (non-hydrogen) atoms. The highest BCUT2D eigenvalue weighted by Gasteiger charge is 2.19. The Hall–Kier alpha value is -2.45. The lowest BCUT2D eigenvalue weighted by Gasteiger charge is -2.26. The number of benzene rings is 2. The van der Waals surface area contributed by atoms with E-state index in [4.69, 9.17) is 26.1 Å². The number of hydrogen-bond acceptors (Lipinski definition) is 6. The summed E-state index contributed by atoms with van der Waals surface area (Å²) in [4.78, 5) is 20.7. The third kappa shape index (κ3) is 6.27. The minimum Gasteiger partial charge on any atom is -0.493 e. The number of nitrogens with zero attached hydrogens (tertiary/aromatic N) is 2. The predicted octanol–water partition coefficient (Wildman–Crippen LogP) is 4.70. The van der Waals surface area contributed by atoms with Crippen molar-refractivity contribution in [2.75, 3.05) is 38.2 Å². The Kier molecular flexibility index (Phi) is 7.53. The first-order valence-electron chi connectivity index (χ1n) is 10.2. The molecule has 1 N–H and O–H groups in total. The summed E-state index contributed by atoms with van der Waals surface area (Å²) in [7, 11) is 0. The summed E-state index contributed by atoms with van der Waals surface area (Å²) in [6.07, 6.45) is 0.238. The molecule has 0 bridgehead atoms. The zero-order valence-corrected chi connectivity index (χ0v) is 18.6. The van der Waals surface area contributed by atoms with E-state index in [0.29, 0.717) is 15.9 Å². The van der Waals surface area contributed by atoms with E-state index in [-0.39, 0.29) is 18.9 Å². The number of carbonyl (C=O) groups is 1. The van der Waals surface area contributed by atoms with Gasteiger partial charge >= 0.3 is 0 Å². The number of ether oxygens (including phenoxy) is 2. The number of carbonyl (C=O) groups excluding carboxylic acids is 1. The van der Waals surface area contributed by atoms with Gasteiger partial charge in [0.05, 0.1) is 31.9 Å². The van der Waals surface area contributed by atoms with Crippen molar-refractivity contribution in [2.24, 2.45) is 0 Å². The van der Waals surface area contributed by atoms with E-state index >= 15 is 0 Å². The lowest BCUT2D eigenvalue weighted by atomic mass is 10.1. The van der Waals surface area contributed by atoms with E-state index in [1.807, 2.05) is 30.3 Å². The summed E-state index contributed by atoms with van der Waals surface area (Å²) in [6, 6.07) is 17.2. The summed E-state index contributed by atoms with van der Waals surface area (Å²) in [5.74, 6) is 0.561. The molecule has 0 atom stereocenters. The minimum atomic E-state index is -0.125. The van der Waals surface area contributed by atoms with Crippen LogP contribution in [0.1, 0.15) is 11.3 Å². The fourth-order valence-electron chi connectivity index (χ4n) is 3.27. The molecule has 2 aromatic carbocycles. The summed E-state index contributed by atoms with van der Waals surface area (Å²) < 4.78 is 11.1. The fourth-order valence-corrected chi connectivity index (χ4v) is 4.44. The lowest BCUT2D eigenvalue weighted by molar-refractivity contribution is -0.116. The zero-order chi connectivity index (χ0) is 21.5. The van der Waals surface area contributed by atoms with Crippen LogP contribution in [0.25, 0.3) is 11.3 Å². The van der Waals surface area contributed by atoms with Crippen LogP contribution in [0.2, 0.25) is 5.02 Å². The van der Waals surface area contributed by atoms with E-state index < -0.39 is 0 Å². The third-order valence-corrected chi connectivity index (χ3v) is 6.08. The van der Waals surface area contributed by atoms with Crippen molar-refractivity contribution in [3.05, 3.63) is 64.5 Å². The number of amides is 1. The molecule has 0 aliphatic carbocycles. The molecule has 2 heterocycles. The second kappa shape index (κ2) is 10.7. The smallest absolute Gasteiger partial charge is 0.229 e. The maximum absolute atomic E-state index is 12.4. The Bertz CT molecular complexity index is 989. The summed E-state index contributed by atoms with van der Waals surface area (Å²) in [5, 5.41) is 4.19. The summed E-state index contributed by atoms with van der Waals surface area (Å²) in [5.41, 5.74) is 1.97. The van der Waals surface area contributed by atoms with Gasteiger partial charge in [-0.25, -0.2) is 4.98 Å².